The fourth-order valence-corrected chi connectivity index (χ4v) is 5.80. The smallest absolute Gasteiger partial charge is 0.316 e. The lowest BCUT2D eigenvalue weighted by atomic mass is 10.0. The van der Waals surface area contributed by atoms with Gasteiger partial charge in [0.15, 0.2) is 0 Å². The van der Waals surface area contributed by atoms with E-state index in [1.54, 1.807) is 4.68 Å². The Kier molecular flexibility index (Phi) is 12.9. The molecule has 0 aliphatic carbocycles. The van der Waals surface area contributed by atoms with E-state index in [2.05, 4.69) is 29.2 Å². The number of aliphatic carboxylic acids is 1. The van der Waals surface area contributed by atoms with Crippen LogP contribution in [-0.2, 0) is 29.5 Å². The summed E-state index contributed by atoms with van der Waals surface area (Å²) >= 11 is 1.33. The molecule has 0 spiro atoms. The molecule has 9 nitrogen and oxygen atoms in total. The molecule has 0 saturated heterocycles. The molecule has 0 bridgehead atoms. The minimum atomic E-state index is -0.806. The first-order chi connectivity index (χ1) is 19.8. The number of aromatic nitrogens is 4. The predicted octanol–water partition coefficient (Wildman–Crippen LogP) is 6.83. The zero-order chi connectivity index (χ0) is 29.8. The molecule has 0 aliphatic heterocycles. The Bertz CT molecular complexity index is 1280. The fourth-order valence-electron chi connectivity index (χ4n) is 4.72. The molecule has 2 heterocycles. The third kappa shape index (κ3) is 9.18. The number of hydrogen-bond donors (Lipinski definition) is 2. The van der Waals surface area contributed by atoms with Crippen LogP contribution in [0.15, 0.2) is 29.2 Å². The number of carbonyl (C=O) groups is 2. The second-order valence-corrected chi connectivity index (χ2v) is 11.7. The van der Waals surface area contributed by atoms with Crippen LogP contribution >= 0.6 is 11.8 Å². The minimum Gasteiger partial charge on any atom is -0.480 e. The number of anilines is 1. The number of unbranched alkanes of at least 4 members (excludes halogenated alkanes) is 3. The van der Waals surface area contributed by atoms with Crippen LogP contribution in [0.25, 0.3) is 11.0 Å². The molecule has 0 aliphatic rings. The maximum atomic E-state index is 13.5. The van der Waals surface area contributed by atoms with Crippen molar-refractivity contribution in [2.75, 3.05) is 11.9 Å². The fraction of sp³-hybridized carbons (Fsp3) is 0.581. The number of carbonyl (C=O) groups excluding carboxylic acids is 1. The van der Waals surface area contributed by atoms with Crippen LogP contribution in [0.5, 0.6) is 5.88 Å². The number of benzene rings is 1. The summed E-state index contributed by atoms with van der Waals surface area (Å²) in [7, 11) is 1.88. The standard InChI is InChI=1S/C31H45N5O4S/c1-6-10-11-12-15-21(29(37)32-22-16-18-23(19-17-22)41-25(14-8-3)31(38)39)20-40-30-28-27(33-26(9-4)34-30)24(13-7-2)35-36(28)5/h16-19,21,25H,6-15,20H2,1-5H3,(H,32,37)(H,38,39). The van der Waals surface area contributed by atoms with E-state index in [0.29, 0.717) is 36.7 Å². The number of fused-ring (bicyclic) bond motifs is 1. The number of nitrogens with one attached hydrogen (secondary N) is 1. The largest absolute Gasteiger partial charge is 0.480 e. The molecule has 2 N–H and O–H groups in total. The van der Waals surface area contributed by atoms with E-state index in [-0.39, 0.29) is 18.4 Å². The first-order valence-electron chi connectivity index (χ1n) is 15.0. The van der Waals surface area contributed by atoms with Gasteiger partial charge in [-0.2, -0.15) is 10.1 Å². The number of rotatable bonds is 18. The molecule has 2 unspecified atom stereocenters. The van der Waals surface area contributed by atoms with Crippen molar-refractivity contribution in [3.8, 4) is 5.88 Å². The van der Waals surface area contributed by atoms with Crippen molar-refractivity contribution in [3.63, 3.8) is 0 Å². The summed E-state index contributed by atoms with van der Waals surface area (Å²) in [5, 5.41) is 16.7. The SMILES string of the molecule is CCCCCCC(COc1nc(CC)nc2c(CCC)nn(C)c12)C(=O)Nc1ccc(SC(CCC)C(=O)O)cc1. The molecule has 41 heavy (non-hydrogen) atoms. The Hall–Kier alpha value is -3.14. The molecule has 0 fully saturated rings. The molecule has 3 aromatic rings. The number of amides is 1. The van der Waals surface area contributed by atoms with Gasteiger partial charge < -0.3 is 15.2 Å². The minimum absolute atomic E-state index is 0.103. The Morgan fingerprint density at radius 2 is 1.76 bits per heavy atom. The molecule has 2 atom stereocenters. The first kappa shape index (κ1) is 32.4. The summed E-state index contributed by atoms with van der Waals surface area (Å²) in [6.45, 7) is 8.48. The van der Waals surface area contributed by atoms with E-state index in [4.69, 9.17) is 9.72 Å². The number of carboxylic acid groups (broad SMARTS) is 1. The normalized spacial score (nSPS) is 12.8. The first-order valence-corrected chi connectivity index (χ1v) is 15.8. The van der Waals surface area contributed by atoms with Crippen molar-refractivity contribution >= 4 is 40.4 Å². The zero-order valence-corrected chi connectivity index (χ0v) is 25.9. The summed E-state index contributed by atoms with van der Waals surface area (Å²) in [4.78, 5) is 35.2. The average Bonchev–Trinajstić information content (AvgIpc) is 3.28. The van der Waals surface area contributed by atoms with Gasteiger partial charge in [0.1, 0.15) is 28.7 Å². The Labute approximate surface area is 247 Å². The van der Waals surface area contributed by atoms with Crippen molar-refractivity contribution in [2.24, 2.45) is 13.0 Å². The van der Waals surface area contributed by atoms with Gasteiger partial charge in [0.2, 0.25) is 11.8 Å². The number of hydrogen-bond acceptors (Lipinski definition) is 7. The maximum absolute atomic E-state index is 13.5. The van der Waals surface area contributed by atoms with Gasteiger partial charge in [-0.15, -0.1) is 11.8 Å². The average molecular weight is 584 g/mol. The van der Waals surface area contributed by atoms with Crippen molar-refractivity contribution in [1.29, 1.82) is 0 Å². The molecule has 0 radical (unpaired) electrons. The number of thioether (sulfide) groups is 1. The van der Waals surface area contributed by atoms with E-state index in [1.807, 2.05) is 45.2 Å². The summed E-state index contributed by atoms with van der Waals surface area (Å²) in [6.07, 6.45) is 8.84. The Balaban J connectivity index is 1.76. The highest BCUT2D eigenvalue weighted by atomic mass is 32.2. The molecular formula is C31H45N5O4S. The lowest BCUT2D eigenvalue weighted by Crippen LogP contribution is -2.28. The summed E-state index contributed by atoms with van der Waals surface area (Å²) in [5.41, 5.74) is 3.19. The third-order valence-corrected chi connectivity index (χ3v) is 8.26. The lowest BCUT2D eigenvalue weighted by molar-refractivity contribution is -0.136. The topological polar surface area (TPSA) is 119 Å². The van der Waals surface area contributed by atoms with Gasteiger partial charge in [-0.25, -0.2) is 4.98 Å². The Morgan fingerprint density at radius 1 is 1.00 bits per heavy atom. The van der Waals surface area contributed by atoms with Crippen molar-refractivity contribution in [1.82, 2.24) is 19.7 Å². The van der Waals surface area contributed by atoms with E-state index < -0.39 is 11.2 Å². The maximum Gasteiger partial charge on any atom is 0.316 e. The highest BCUT2D eigenvalue weighted by molar-refractivity contribution is 8.00. The van der Waals surface area contributed by atoms with Crippen LogP contribution in [0, 0.1) is 5.92 Å². The van der Waals surface area contributed by atoms with E-state index in [1.165, 1.54) is 11.8 Å². The van der Waals surface area contributed by atoms with Gasteiger partial charge in [-0.1, -0.05) is 66.2 Å². The monoisotopic (exact) mass is 583 g/mol. The molecule has 1 aromatic carbocycles. The predicted molar refractivity (Wildman–Crippen MR) is 165 cm³/mol. The molecule has 10 heteroatoms. The molecule has 2 aromatic heterocycles. The number of carboxylic acids is 1. The van der Waals surface area contributed by atoms with E-state index >= 15 is 0 Å². The molecule has 3 rings (SSSR count). The lowest BCUT2D eigenvalue weighted by Gasteiger charge is -2.18. The summed E-state index contributed by atoms with van der Waals surface area (Å²) in [5.74, 6) is -0.102. The highest BCUT2D eigenvalue weighted by Gasteiger charge is 2.23. The van der Waals surface area contributed by atoms with Crippen molar-refractivity contribution in [3.05, 3.63) is 35.8 Å². The van der Waals surface area contributed by atoms with Gasteiger partial charge in [-0.3, -0.25) is 14.3 Å². The molecule has 1 amide bonds. The second-order valence-electron chi connectivity index (χ2n) is 10.4. The van der Waals surface area contributed by atoms with E-state index in [9.17, 15) is 14.7 Å². The quantitative estimate of drug-likeness (QED) is 0.124. The number of aryl methyl sites for hydroxylation is 3. The van der Waals surface area contributed by atoms with Crippen LogP contribution in [0.2, 0.25) is 0 Å². The highest BCUT2D eigenvalue weighted by Crippen LogP contribution is 2.29. The van der Waals surface area contributed by atoms with Crippen molar-refractivity contribution in [2.45, 2.75) is 102 Å². The van der Waals surface area contributed by atoms with Gasteiger partial charge >= 0.3 is 5.97 Å². The summed E-state index contributed by atoms with van der Waals surface area (Å²) < 4.78 is 8.07. The number of nitrogens with zero attached hydrogens (tertiary/aromatic N) is 4. The van der Waals surface area contributed by atoms with Crippen LogP contribution in [0.3, 0.4) is 0 Å². The zero-order valence-electron chi connectivity index (χ0n) is 25.1. The molecule has 224 valence electrons. The number of ether oxygens (including phenoxy) is 1. The van der Waals surface area contributed by atoms with Gasteiger partial charge in [0.05, 0.1) is 11.6 Å². The Morgan fingerprint density at radius 3 is 2.39 bits per heavy atom. The van der Waals surface area contributed by atoms with E-state index in [0.717, 1.165) is 66.6 Å². The summed E-state index contributed by atoms with van der Waals surface area (Å²) in [6, 6.07) is 7.37. The van der Waals surface area contributed by atoms with Crippen molar-refractivity contribution < 1.29 is 19.4 Å². The van der Waals surface area contributed by atoms with Crippen LogP contribution in [0.1, 0.15) is 90.6 Å². The van der Waals surface area contributed by atoms with Gasteiger partial charge in [0, 0.05) is 24.1 Å². The van der Waals surface area contributed by atoms with Gasteiger partial charge in [0.25, 0.3) is 0 Å². The molecule has 0 saturated carbocycles. The van der Waals surface area contributed by atoms with Gasteiger partial charge in [-0.05, 0) is 43.5 Å². The molecular weight excluding hydrogens is 538 g/mol. The van der Waals surface area contributed by atoms with Crippen LogP contribution in [0.4, 0.5) is 5.69 Å². The van der Waals surface area contributed by atoms with Crippen LogP contribution < -0.4 is 10.1 Å². The second kappa shape index (κ2) is 16.3. The third-order valence-electron chi connectivity index (χ3n) is 6.99. The van der Waals surface area contributed by atoms with Crippen LogP contribution in [-0.4, -0.2) is 48.6 Å².